The molecule has 0 saturated heterocycles. The molecule has 0 aliphatic carbocycles. The third kappa shape index (κ3) is 3.60. The lowest BCUT2D eigenvalue weighted by molar-refractivity contribution is 0.0947. The van der Waals surface area contributed by atoms with Crippen LogP contribution in [-0.2, 0) is 6.54 Å². The van der Waals surface area contributed by atoms with Crippen LogP contribution in [0, 0.1) is 11.8 Å². The number of nitrogens with two attached hydrogens (primary N) is 1. The summed E-state index contributed by atoms with van der Waals surface area (Å²) in [6.45, 7) is 0.529. The number of nitrogens with one attached hydrogen (secondary N) is 1. The number of nitrogens with zero attached hydrogens (tertiary/aromatic N) is 1. The van der Waals surface area contributed by atoms with Crippen LogP contribution in [0.1, 0.15) is 21.7 Å². The minimum Gasteiger partial charge on any atom is -0.360 e. The van der Waals surface area contributed by atoms with Crippen LogP contribution in [0.25, 0.3) is 0 Å². The Kier molecular flexibility index (Phi) is 4.77. The van der Waals surface area contributed by atoms with E-state index in [1.807, 2.05) is 0 Å². The van der Waals surface area contributed by atoms with E-state index in [1.165, 1.54) is 6.20 Å². The number of hydrogen-bond acceptors (Lipinski definition) is 4. The molecule has 1 aromatic carbocycles. The topological polar surface area (TPSA) is 81.2 Å². The highest BCUT2D eigenvalue weighted by Gasteiger charge is 2.08. The van der Waals surface area contributed by atoms with Crippen LogP contribution in [0.4, 0.5) is 0 Å². The van der Waals surface area contributed by atoms with Crippen LogP contribution in [0.3, 0.4) is 0 Å². The van der Waals surface area contributed by atoms with Gasteiger partial charge in [0.25, 0.3) is 5.91 Å². The van der Waals surface area contributed by atoms with Crippen LogP contribution >= 0.6 is 11.6 Å². The van der Waals surface area contributed by atoms with E-state index >= 15 is 0 Å². The molecular weight excluding hydrogens is 278 g/mol. The maximum absolute atomic E-state index is 11.9. The van der Waals surface area contributed by atoms with Crippen molar-refractivity contribution in [2.24, 2.45) is 5.73 Å². The van der Waals surface area contributed by atoms with Gasteiger partial charge in [-0.05, 0) is 18.2 Å². The molecule has 1 aromatic heterocycles. The van der Waals surface area contributed by atoms with Crippen molar-refractivity contribution in [2.75, 3.05) is 6.54 Å². The summed E-state index contributed by atoms with van der Waals surface area (Å²) in [4.78, 5) is 11.9. The van der Waals surface area contributed by atoms with E-state index in [9.17, 15) is 4.79 Å². The molecule has 102 valence electrons. The predicted molar refractivity (Wildman–Crippen MR) is 75.1 cm³/mol. The lowest BCUT2D eigenvalue weighted by atomic mass is 10.1. The molecule has 0 unspecified atom stereocenters. The highest BCUT2D eigenvalue weighted by Crippen LogP contribution is 2.17. The van der Waals surface area contributed by atoms with Crippen molar-refractivity contribution in [3.63, 3.8) is 0 Å². The average Bonchev–Trinajstić information content (AvgIpc) is 2.96. The van der Waals surface area contributed by atoms with Crippen LogP contribution in [-0.4, -0.2) is 17.6 Å². The number of amides is 1. The summed E-state index contributed by atoms with van der Waals surface area (Å²) in [6, 6.07) is 6.59. The summed E-state index contributed by atoms with van der Waals surface area (Å²) < 4.78 is 4.89. The molecule has 2 aromatic rings. The van der Waals surface area contributed by atoms with E-state index in [1.54, 1.807) is 24.3 Å². The van der Waals surface area contributed by atoms with Gasteiger partial charge < -0.3 is 15.6 Å². The van der Waals surface area contributed by atoms with Gasteiger partial charge in [0, 0.05) is 17.2 Å². The van der Waals surface area contributed by atoms with Gasteiger partial charge in [-0.25, -0.2) is 0 Å². The van der Waals surface area contributed by atoms with Crippen molar-refractivity contribution in [3.05, 3.63) is 52.4 Å². The highest BCUT2D eigenvalue weighted by molar-refractivity contribution is 6.32. The molecule has 3 N–H and O–H groups in total. The SMILES string of the molecule is NCC#Cc1ccc(C(=O)NCc2ccno2)cc1Cl. The minimum atomic E-state index is -0.248. The van der Waals surface area contributed by atoms with E-state index in [0.717, 1.165) is 0 Å². The third-order valence-corrected chi connectivity index (χ3v) is 2.78. The predicted octanol–water partition coefficient (Wildman–Crippen LogP) is 1.57. The van der Waals surface area contributed by atoms with Crippen molar-refractivity contribution >= 4 is 17.5 Å². The number of halogens is 1. The van der Waals surface area contributed by atoms with Crippen LogP contribution < -0.4 is 11.1 Å². The molecule has 0 fully saturated rings. The molecular formula is C14H12ClN3O2. The molecule has 20 heavy (non-hydrogen) atoms. The van der Waals surface area contributed by atoms with Gasteiger partial charge in [0.2, 0.25) is 0 Å². The van der Waals surface area contributed by atoms with Crippen LogP contribution in [0.15, 0.2) is 35.0 Å². The van der Waals surface area contributed by atoms with Gasteiger partial charge in [-0.3, -0.25) is 4.79 Å². The monoisotopic (exact) mass is 289 g/mol. The van der Waals surface area contributed by atoms with Crippen LogP contribution in [0.2, 0.25) is 5.02 Å². The first-order valence-electron chi connectivity index (χ1n) is 5.87. The Morgan fingerprint density at radius 1 is 1.45 bits per heavy atom. The Morgan fingerprint density at radius 3 is 2.95 bits per heavy atom. The van der Waals surface area contributed by atoms with Crippen molar-refractivity contribution in [1.82, 2.24) is 10.5 Å². The van der Waals surface area contributed by atoms with Crippen molar-refractivity contribution < 1.29 is 9.32 Å². The summed E-state index contributed by atoms with van der Waals surface area (Å²) in [6.07, 6.45) is 1.52. The standard InChI is InChI=1S/C14H12ClN3O2/c15-13-8-11(4-3-10(13)2-1-6-16)14(19)17-9-12-5-7-18-20-12/h3-5,7-8H,6,9,16H2,(H,17,19). The van der Waals surface area contributed by atoms with E-state index in [-0.39, 0.29) is 19.0 Å². The zero-order valence-corrected chi connectivity index (χ0v) is 11.3. The molecule has 0 saturated carbocycles. The lowest BCUT2D eigenvalue weighted by Crippen LogP contribution is -2.22. The van der Waals surface area contributed by atoms with E-state index in [0.29, 0.717) is 21.9 Å². The van der Waals surface area contributed by atoms with E-state index in [2.05, 4.69) is 22.3 Å². The maximum Gasteiger partial charge on any atom is 0.251 e. The van der Waals surface area contributed by atoms with Crippen molar-refractivity contribution in [3.8, 4) is 11.8 Å². The van der Waals surface area contributed by atoms with Gasteiger partial charge >= 0.3 is 0 Å². The Hall–Kier alpha value is -2.29. The molecule has 2 rings (SSSR count). The molecule has 0 aliphatic rings. The normalized spacial score (nSPS) is 9.70. The second kappa shape index (κ2) is 6.75. The van der Waals surface area contributed by atoms with Gasteiger partial charge in [-0.2, -0.15) is 0 Å². The number of benzene rings is 1. The number of aromatic nitrogens is 1. The number of carbonyl (C=O) groups is 1. The Bertz CT molecular complexity index is 657. The molecule has 0 spiro atoms. The summed E-state index contributed by atoms with van der Waals surface area (Å²) in [7, 11) is 0. The lowest BCUT2D eigenvalue weighted by Gasteiger charge is -2.04. The minimum absolute atomic E-state index is 0.248. The van der Waals surface area contributed by atoms with Crippen molar-refractivity contribution in [1.29, 1.82) is 0 Å². The van der Waals surface area contributed by atoms with Crippen LogP contribution in [0.5, 0.6) is 0 Å². The zero-order valence-electron chi connectivity index (χ0n) is 10.5. The number of carbonyl (C=O) groups excluding carboxylic acids is 1. The quantitative estimate of drug-likeness (QED) is 0.841. The van der Waals surface area contributed by atoms with E-state index < -0.39 is 0 Å². The van der Waals surface area contributed by atoms with Gasteiger partial charge in [-0.1, -0.05) is 28.6 Å². The molecule has 6 heteroatoms. The second-order valence-electron chi connectivity index (χ2n) is 3.86. The smallest absolute Gasteiger partial charge is 0.251 e. The first-order valence-corrected chi connectivity index (χ1v) is 6.24. The third-order valence-electron chi connectivity index (χ3n) is 2.47. The summed E-state index contributed by atoms with van der Waals surface area (Å²) in [5.41, 5.74) is 6.39. The molecule has 0 radical (unpaired) electrons. The Morgan fingerprint density at radius 2 is 2.30 bits per heavy atom. The Balaban J connectivity index is 2.05. The fraction of sp³-hybridized carbons (Fsp3) is 0.143. The maximum atomic E-state index is 11.9. The average molecular weight is 290 g/mol. The highest BCUT2D eigenvalue weighted by atomic mass is 35.5. The van der Waals surface area contributed by atoms with E-state index in [4.69, 9.17) is 21.9 Å². The van der Waals surface area contributed by atoms with Crippen molar-refractivity contribution in [2.45, 2.75) is 6.54 Å². The fourth-order valence-electron chi connectivity index (χ4n) is 1.51. The summed E-state index contributed by atoms with van der Waals surface area (Å²) in [5, 5.41) is 6.67. The van der Waals surface area contributed by atoms with Gasteiger partial charge in [0.1, 0.15) is 0 Å². The summed E-state index contributed by atoms with van der Waals surface area (Å²) >= 11 is 6.06. The second-order valence-corrected chi connectivity index (χ2v) is 4.27. The first kappa shape index (κ1) is 14.1. The molecule has 0 atom stereocenters. The largest absolute Gasteiger partial charge is 0.360 e. The summed E-state index contributed by atoms with van der Waals surface area (Å²) in [5.74, 6) is 5.87. The first-order chi connectivity index (χ1) is 9.70. The van der Waals surface area contributed by atoms with Gasteiger partial charge in [-0.15, -0.1) is 0 Å². The number of hydrogen-bond donors (Lipinski definition) is 2. The molecule has 0 aliphatic heterocycles. The van der Waals surface area contributed by atoms with Gasteiger partial charge in [0.05, 0.1) is 24.3 Å². The zero-order chi connectivity index (χ0) is 14.4. The molecule has 1 amide bonds. The number of rotatable bonds is 3. The van der Waals surface area contributed by atoms with Gasteiger partial charge in [0.15, 0.2) is 5.76 Å². The Labute approximate surface area is 121 Å². The molecule has 0 bridgehead atoms. The molecule has 5 nitrogen and oxygen atoms in total. The molecule has 1 heterocycles. The fourth-order valence-corrected chi connectivity index (χ4v) is 1.73.